The van der Waals surface area contributed by atoms with Crippen molar-refractivity contribution >= 4 is 21.9 Å². The zero-order valence-corrected chi connectivity index (χ0v) is 8.34. The number of carboxylic acid groups (broad SMARTS) is 1. The quantitative estimate of drug-likeness (QED) is 0.804. The van der Waals surface area contributed by atoms with Crippen LogP contribution in [0.15, 0.2) is 10.7 Å². The Morgan fingerprint density at radius 3 is 2.67 bits per heavy atom. The first-order valence-electron chi connectivity index (χ1n) is 3.39. The van der Waals surface area contributed by atoms with Crippen LogP contribution in [0.1, 0.15) is 21.6 Å². The Labute approximate surface area is 78.6 Å². The Hall–Kier alpha value is -0.900. The predicted molar refractivity (Wildman–Crippen MR) is 48.4 cm³/mol. The molecule has 1 heterocycles. The van der Waals surface area contributed by atoms with Crippen LogP contribution in [0.5, 0.6) is 0 Å². The maximum absolute atomic E-state index is 10.6. The Morgan fingerprint density at radius 1 is 1.58 bits per heavy atom. The maximum atomic E-state index is 10.6. The van der Waals surface area contributed by atoms with E-state index in [2.05, 4.69) is 20.9 Å². The first kappa shape index (κ1) is 9.19. The van der Waals surface area contributed by atoms with E-state index in [1.807, 2.05) is 6.92 Å². The molecule has 0 aliphatic heterocycles. The zero-order valence-electron chi connectivity index (χ0n) is 6.76. The lowest BCUT2D eigenvalue weighted by Crippen LogP contribution is -2.04. The van der Waals surface area contributed by atoms with Crippen LogP contribution in [0.2, 0.25) is 0 Å². The lowest BCUT2D eigenvalue weighted by atomic mass is 10.2. The molecule has 0 bridgehead atoms. The van der Waals surface area contributed by atoms with Gasteiger partial charge in [-0.1, -0.05) is 15.9 Å². The summed E-state index contributed by atoms with van der Waals surface area (Å²) < 4.78 is 0.815. The molecule has 0 unspecified atom stereocenters. The van der Waals surface area contributed by atoms with Crippen molar-refractivity contribution in [3.8, 4) is 0 Å². The maximum Gasteiger partial charge on any atom is 0.354 e. The van der Waals surface area contributed by atoms with E-state index in [9.17, 15) is 4.79 Å². The van der Waals surface area contributed by atoms with Crippen molar-refractivity contribution in [1.82, 2.24) is 4.98 Å². The van der Waals surface area contributed by atoms with E-state index in [-0.39, 0.29) is 5.69 Å². The highest BCUT2D eigenvalue weighted by atomic mass is 79.9. The first-order chi connectivity index (χ1) is 5.54. The average Bonchev–Trinajstić information content (AvgIpc) is 2.00. The number of hydrogen-bond donors (Lipinski definition) is 1. The summed E-state index contributed by atoms with van der Waals surface area (Å²) in [5.74, 6) is -0.992. The molecule has 1 N–H and O–H groups in total. The Bertz CT molecular complexity index is 336. The van der Waals surface area contributed by atoms with Gasteiger partial charge in [0.05, 0.1) is 0 Å². The molecule has 3 nitrogen and oxygen atoms in total. The molecule has 1 rings (SSSR count). The number of rotatable bonds is 1. The summed E-state index contributed by atoms with van der Waals surface area (Å²) in [6, 6.07) is 0. The molecular weight excluding hydrogens is 222 g/mol. The Kier molecular flexibility index (Phi) is 2.47. The highest BCUT2D eigenvalue weighted by molar-refractivity contribution is 9.10. The molecular formula is C8H8BrNO2. The minimum atomic E-state index is -0.992. The van der Waals surface area contributed by atoms with E-state index >= 15 is 0 Å². The molecule has 1 aromatic heterocycles. The van der Waals surface area contributed by atoms with E-state index in [0.29, 0.717) is 5.56 Å². The number of halogens is 1. The summed E-state index contributed by atoms with van der Waals surface area (Å²) in [6.45, 7) is 3.60. The molecule has 0 amide bonds. The minimum absolute atomic E-state index is 0.104. The SMILES string of the molecule is Cc1cnc(C(=O)O)c(C)c1Br. The van der Waals surface area contributed by atoms with Gasteiger partial charge in [0, 0.05) is 10.7 Å². The van der Waals surface area contributed by atoms with Gasteiger partial charge in [-0.15, -0.1) is 0 Å². The first-order valence-corrected chi connectivity index (χ1v) is 4.18. The van der Waals surface area contributed by atoms with Crippen LogP contribution in [-0.2, 0) is 0 Å². The van der Waals surface area contributed by atoms with Crippen molar-refractivity contribution in [2.75, 3.05) is 0 Å². The highest BCUT2D eigenvalue weighted by Gasteiger charge is 2.11. The fourth-order valence-corrected chi connectivity index (χ4v) is 1.22. The molecule has 12 heavy (non-hydrogen) atoms. The molecule has 0 aliphatic carbocycles. The number of nitrogens with zero attached hydrogens (tertiary/aromatic N) is 1. The molecule has 0 radical (unpaired) electrons. The number of aromatic carboxylic acids is 1. The van der Waals surface area contributed by atoms with Gasteiger partial charge < -0.3 is 5.11 Å². The number of aryl methyl sites for hydroxylation is 1. The van der Waals surface area contributed by atoms with Crippen LogP contribution in [0, 0.1) is 13.8 Å². The summed E-state index contributed by atoms with van der Waals surface area (Å²) >= 11 is 3.29. The van der Waals surface area contributed by atoms with Gasteiger partial charge in [0.2, 0.25) is 0 Å². The second kappa shape index (κ2) is 3.23. The number of pyridine rings is 1. The van der Waals surface area contributed by atoms with E-state index < -0.39 is 5.97 Å². The number of aromatic nitrogens is 1. The second-order valence-electron chi connectivity index (χ2n) is 2.53. The fourth-order valence-electron chi connectivity index (χ4n) is 0.930. The third-order valence-corrected chi connectivity index (χ3v) is 2.84. The van der Waals surface area contributed by atoms with Crippen molar-refractivity contribution in [3.05, 3.63) is 27.5 Å². The monoisotopic (exact) mass is 229 g/mol. The molecule has 0 saturated carbocycles. The van der Waals surface area contributed by atoms with E-state index in [4.69, 9.17) is 5.11 Å². The van der Waals surface area contributed by atoms with Crippen LogP contribution in [0.3, 0.4) is 0 Å². The average molecular weight is 230 g/mol. The van der Waals surface area contributed by atoms with Crippen molar-refractivity contribution in [1.29, 1.82) is 0 Å². The normalized spacial score (nSPS) is 9.92. The van der Waals surface area contributed by atoms with Gasteiger partial charge in [-0.05, 0) is 25.0 Å². The summed E-state index contributed by atoms with van der Waals surface area (Å²) in [4.78, 5) is 14.4. The Morgan fingerprint density at radius 2 is 2.17 bits per heavy atom. The van der Waals surface area contributed by atoms with Crippen LogP contribution in [-0.4, -0.2) is 16.1 Å². The lowest BCUT2D eigenvalue weighted by Gasteiger charge is -2.04. The van der Waals surface area contributed by atoms with Crippen molar-refractivity contribution in [3.63, 3.8) is 0 Å². The van der Waals surface area contributed by atoms with Crippen molar-refractivity contribution in [2.45, 2.75) is 13.8 Å². The Balaban J connectivity index is 3.36. The molecule has 0 aromatic carbocycles. The van der Waals surface area contributed by atoms with Crippen molar-refractivity contribution in [2.24, 2.45) is 0 Å². The van der Waals surface area contributed by atoms with Crippen LogP contribution in [0.4, 0.5) is 0 Å². The van der Waals surface area contributed by atoms with Gasteiger partial charge in [0.15, 0.2) is 5.69 Å². The highest BCUT2D eigenvalue weighted by Crippen LogP contribution is 2.21. The van der Waals surface area contributed by atoms with E-state index in [1.54, 1.807) is 13.1 Å². The largest absolute Gasteiger partial charge is 0.477 e. The third-order valence-electron chi connectivity index (χ3n) is 1.62. The minimum Gasteiger partial charge on any atom is -0.477 e. The van der Waals surface area contributed by atoms with Crippen LogP contribution >= 0.6 is 15.9 Å². The zero-order chi connectivity index (χ0) is 9.30. The van der Waals surface area contributed by atoms with Gasteiger partial charge >= 0.3 is 5.97 Å². The second-order valence-corrected chi connectivity index (χ2v) is 3.33. The molecule has 64 valence electrons. The summed E-state index contributed by atoms with van der Waals surface area (Å²) in [7, 11) is 0. The fraction of sp³-hybridized carbons (Fsp3) is 0.250. The molecule has 1 aromatic rings. The summed E-state index contributed by atoms with van der Waals surface area (Å²) in [6.07, 6.45) is 1.54. The molecule has 0 aliphatic rings. The summed E-state index contributed by atoms with van der Waals surface area (Å²) in [5.41, 5.74) is 1.72. The molecule has 0 spiro atoms. The predicted octanol–water partition coefficient (Wildman–Crippen LogP) is 2.16. The standard InChI is InChI=1S/C8H8BrNO2/c1-4-3-10-7(8(11)12)5(2)6(4)9/h3H,1-2H3,(H,11,12). The smallest absolute Gasteiger partial charge is 0.354 e. The third kappa shape index (κ3) is 1.48. The van der Waals surface area contributed by atoms with Crippen LogP contribution in [0.25, 0.3) is 0 Å². The number of carboxylic acids is 1. The van der Waals surface area contributed by atoms with Gasteiger partial charge in [-0.3, -0.25) is 0 Å². The number of hydrogen-bond acceptors (Lipinski definition) is 2. The van der Waals surface area contributed by atoms with E-state index in [0.717, 1.165) is 10.0 Å². The molecule has 4 heteroatoms. The van der Waals surface area contributed by atoms with Gasteiger partial charge in [0.25, 0.3) is 0 Å². The number of carbonyl (C=O) groups is 1. The van der Waals surface area contributed by atoms with Gasteiger partial charge in [-0.25, -0.2) is 9.78 Å². The molecule has 0 saturated heterocycles. The topological polar surface area (TPSA) is 50.2 Å². The summed E-state index contributed by atoms with van der Waals surface area (Å²) in [5, 5.41) is 8.70. The van der Waals surface area contributed by atoms with Crippen LogP contribution < -0.4 is 0 Å². The lowest BCUT2D eigenvalue weighted by molar-refractivity contribution is 0.0689. The van der Waals surface area contributed by atoms with E-state index in [1.165, 1.54) is 0 Å². The van der Waals surface area contributed by atoms with Gasteiger partial charge in [0.1, 0.15) is 0 Å². The molecule has 0 atom stereocenters. The van der Waals surface area contributed by atoms with Crippen molar-refractivity contribution < 1.29 is 9.90 Å². The van der Waals surface area contributed by atoms with Gasteiger partial charge in [-0.2, -0.15) is 0 Å². The molecule has 0 fully saturated rings.